The van der Waals surface area contributed by atoms with Crippen LogP contribution in [0.4, 0.5) is 0 Å². The second-order valence-electron chi connectivity index (χ2n) is 4.84. The number of benzene rings is 1. The molecular formula is C15H15N5O. The van der Waals surface area contributed by atoms with Crippen molar-refractivity contribution in [1.29, 1.82) is 0 Å². The maximum atomic E-state index is 5.75. The van der Waals surface area contributed by atoms with Crippen LogP contribution in [0.3, 0.4) is 0 Å². The number of hydrogen-bond acceptors (Lipinski definition) is 5. The van der Waals surface area contributed by atoms with E-state index in [1.807, 2.05) is 38.1 Å². The van der Waals surface area contributed by atoms with Gasteiger partial charge in [0.2, 0.25) is 5.88 Å². The van der Waals surface area contributed by atoms with Gasteiger partial charge in [-0.15, -0.1) is 0 Å². The summed E-state index contributed by atoms with van der Waals surface area (Å²) in [7, 11) is 0. The van der Waals surface area contributed by atoms with E-state index in [-0.39, 0.29) is 5.92 Å². The second-order valence-corrected chi connectivity index (χ2v) is 4.84. The molecule has 0 aliphatic rings. The highest BCUT2D eigenvalue weighted by atomic mass is 16.5. The Labute approximate surface area is 122 Å². The number of aromatic nitrogens is 5. The van der Waals surface area contributed by atoms with Crippen molar-refractivity contribution < 1.29 is 4.74 Å². The highest BCUT2D eigenvalue weighted by Crippen LogP contribution is 2.21. The van der Waals surface area contributed by atoms with Crippen LogP contribution in [-0.2, 0) is 0 Å². The van der Waals surface area contributed by atoms with Crippen LogP contribution in [0.1, 0.15) is 25.6 Å². The van der Waals surface area contributed by atoms with Crippen LogP contribution in [0, 0.1) is 0 Å². The molecule has 0 bridgehead atoms. The van der Waals surface area contributed by atoms with Crippen molar-refractivity contribution in [2.45, 2.75) is 19.8 Å². The van der Waals surface area contributed by atoms with Crippen molar-refractivity contribution >= 4 is 0 Å². The fourth-order valence-electron chi connectivity index (χ4n) is 1.82. The molecule has 3 aromatic rings. The van der Waals surface area contributed by atoms with Crippen LogP contribution in [0.15, 0.2) is 49.2 Å². The fourth-order valence-corrected chi connectivity index (χ4v) is 1.82. The molecule has 3 rings (SSSR count). The molecule has 0 spiro atoms. The first-order valence-electron chi connectivity index (χ1n) is 6.68. The molecule has 0 amide bonds. The maximum Gasteiger partial charge on any atom is 0.222 e. The predicted octanol–water partition coefficient (Wildman–Crippen LogP) is 2.97. The van der Waals surface area contributed by atoms with E-state index in [4.69, 9.17) is 4.74 Å². The van der Waals surface area contributed by atoms with E-state index in [0.717, 1.165) is 11.5 Å². The van der Waals surface area contributed by atoms with E-state index in [0.29, 0.717) is 11.6 Å². The van der Waals surface area contributed by atoms with Gasteiger partial charge in [-0.2, -0.15) is 10.1 Å². The number of ether oxygens (including phenoxy) is 1. The Morgan fingerprint density at radius 2 is 1.90 bits per heavy atom. The fraction of sp³-hybridized carbons (Fsp3) is 0.200. The molecule has 0 aliphatic heterocycles. The molecule has 2 aromatic heterocycles. The van der Waals surface area contributed by atoms with Gasteiger partial charge in [0.05, 0.1) is 5.69 Å². The van der Waals surface area contributed by atoms with Gasteiger partial charge in [-0.3, -0.25) is 0 Å². The first kappa shape index (κ1) is 13.2. The second kappa shape index (κ2) is 5.70. The summed E-state index contributed by atoms with van der Waals surface area (Å²) in [6, 6.07) is 9.31. The third kappa shape index (κ3) is 3.05. The summed E-state index contributed by atoms with van der Waals surface area (Å²) in [6.07, 6.45) is 4.86. The molecule has 0 N–H and O–H groups in total. The average Bonchev–Trinajstić information content (AvgIpc) is 3.02. The minimum absolute atomic E-state index is 0.267. The van der Waals surface area contributed by atoms with E-state index < -0.39 is 0 Å². The summed E-state index contributed by atoms with van der Waals surface area (Å²) in [6.45, 7) is 4.10. The zero-order chi connectivity index (χ0) is 14.7. The van der Waals surface area contributed by atoms with Gasteiger partial charge in [0.15, 0.2) is 0 Å². The molecule has 0 saturated heterocycles. The quantitative estimate of drug-likeness (QED) is 0.735. The minimum Gasteiger partial charge on any atom is -0.439 e. The normalized spacial score (nSPS) is 10.8. The van der Waals surface area contributed by atoms with Gasteiger partial charge in [0, 0.05) is 18.2 Å². The van der Waals surface area contributed by atoms with E-state index in [9.17, 15) is 0 Å². The molecule has 0 saturated carbocycles. The Bertz CT molecular complexity index is 707. The van der Waals surface area contributed by atoms with Gasteiger partial charge in [-0.1, -0.05) is 13.8 Å². The van der Waals surface area contributed by atoms with Crippen molar-refractivity contribution in [1.82, 2.24) is 24.7 Å². The zero-order valence-corrected chi connectivity index (χ0v) is 11.8. The van der Waals surface area contributed by atoms with Crippen LogP contribution >= 0.6 is 0 Å². The van der Waals surface area contributed by atoms with Crippen LogP contribution in [0.25, 0.3) is 5.69 Å². The van der Waals surface area contributed by atoms with Gasteiger partial charge in [-0.25, -0.2) is 14.6 Å². The lowest BCUT2D eigenvalue weighted by Gasteiger charge is -2.08. The van der Waals surface area contributed by atoms with Crippen molar-refractivity contribution in [3.05, 3.63) is 55.0 Å². The number of hydrogen-bond donors (Lipinski definition) is 0. The SMILES string of the molecule is CC(C)c1nccc(Oc2ccc(-n3cncn3)cc2)n1. The highest BCUT2D eigenvalue weighted by Gasteiger charge is 2.05. The molecule has 0 aliphatic carbocycles. The largest absolute Gasteiger partial charge is 0.439 e. The lowest BCUT2D eigenvalue weighted by Crippen LogP contribution is -1.98. The van der Waals surface area contributed by atoms with Gasteiger partial charge < -0.3 is 4.74 Å². The van der Waals surface area contributed by atoms with Crippen LogP contribution in [-0.4, -0.2) is 24.7 Å². The average molecular weight is 281 g/mol. The Hall–Kier alpha value is -2.76. The van der Waals surface area contributed by atoms with Crippen molar-refractivity contribution in [2.24, 2.45) is 0 Å². The molecule has 0 unspecified atom stereocenters. The summed E-state index contributed by atoms with van der Waals surface area (Å²) >= 11 is 0. The Morgan fingerprint density at radius 3 is 2.57 bits per heavy atom. The molecule has 2 heterocycles. The van der Waals surface area contributed by atoms with E-state index in [1.165, 1.54) is 6.33 Å². The van der Waals surface area contributed by atoms with Crippen LogP contribution in [0.5, 0.6) is 11.6 Å². The maximum absolute atomic E-state index is 5.75. The van der Waals surface area contributed by atoms with Crippen molar-refractivity contribution in [3.63, 3.8) is 0 Å². The smallest absolute Gasteiger partial charge is 0.222 e. The molecule has 1 aromatic carbocycles. The highest BCUT2D eigenvalue weighted by molar-refractivity contribution is 5.37. The minimum atomic E-state index is 0.267. The van der Waals surface area contributed by atoms with E-state index >= 15 is 0 Å². The first-order chi connectivity index (χ1) is 10.2. The Morgan fingerprint density at radius 1 is 1.10 bits per heavy atom. The Balaban J connectivity index is 1.78. The van der Waals surface area contributed by atoms with Gasteiger partial charge in [0.1, 0.15) is 24.2 Å². The van der Waals surface area contributed by atoms with Crippen LogP contribution < -0.4 is 4.74 Å². The lowest BCUT2D eigenvalue weighted by atomic mass is 10.2. The van der Waals surface area contributed by atoms with Gasteiger partial charge in [-0.05, 0) is 24.3 Å². The first-order valence-corrected chi connectivity index (χ1v) is 6.68. The van der Waals surface area contributed by atoms with Crippen LogP contribution in [0.2, 0.25) is 0 Å². The molecule has 6 nitrogen and oxygen atoms in total. The molecule has 21 heavy (non-hydrogen) atoms. The zero-order valence-electron chi connectivity index (χ0n) is 11.8. The topological polar surface area (TPSA) is 65.7 Å². The number of rotatable bonds is 4. The van der Waals surface area contributed by atoms with Gasteiger partial charge >= 0.3 is 0 Å². The number of nitrogens with zero attached hydrogens (tertiary/aromatic N) is 5. The Kier molecular flexibility index (Phi) is 3.59. The van der Waals surface area contributed by atoms with E-state index in [2.05, 4.69) is 20.1 Å². The molecule has 0 atom stereocenters. The summed E-state index contributed by atoms with van der Waals surface area (Å²) in [5.74, 6) is 2.30. The molecule has 6 heteroatoms. The summed E-state index contributed by atoms with van der Waals surface area (Å²) in [5, 5.41) is 4.08. The van der Waals surface area contributed by atoms with Crippen molar-refractivity contribution in [3.8, 4) is 17.3 Å². The summed E-state index contributed by atoms with van der Waals surface area (Å²) < 4.78 is 7.43. The summed E-state index contributed by atoms with van der Waals surface area (Å²) in [5.41, 5.74) is 0.922. The lowest BCUT2D eigenvalue weighted by molar-refractivity contribution is 0.456. The third-order valence-electron chi connectivity index (χ3n) is 2.91. The molecular weight excluding hydrogens is 266 g/mol. The van der Waals surface area contributed by atoms with Gasteiger partial charge in [0.25, 0.3) is 0 Å². The van der Waals surface area contributed by atoms with Crippen molar-refractivity contribution in [2.75, 3.05) is 0 Å². The molecule has 0 fully saturated rings. The predicted molar refractivity (Wildman–Crippen MR) is 77.6 cm³/mol. The monoisotopic (exact) mass is 281 g/mol. The molecule has 106 valence electrons. The summed E-state index contributed by atoms with van der Waals surface area (Å²) in [4.78, 5) is 12.5. The molecule has 0 radical (unpaired) electrons. The van der Waals surface area contributed by atoms with E-state index in [1.54, 1.807) is 23.3 Å². The third-order valence-corrected chi connectivity index (χ3v) is 2.91. The standard InChI is InChI=1S/C15H15N5O/c1-11(2)15-17-8-7-14(19-15)21-13-5-3-12(4-6-13)20-10-16-9-18-20/h3-11H,1-2H3.